The van der Waals surface area contributed by atoms with Crippen molar-refractivity contribution in [3.05, 3.63) is 34.4 Å². The van der Waals surface area contributed by atoms with Gasteiger partial charge in [-0.15, -0.1) is 0 Å². The molecule has 0 heterocycles. The van der Waals surface area contributed by atoms with Crippen LogP contribution < -0.4 is 0 Å². The van der Waals surface area contributed by atoms with Gasteiger partial charge >= 0.3 is 0 Å². The van der Waals surface area contributed by atoms with E-state index >= 15 is 0 Å². The summed E-state index contributed by atoms with van der Waals surface area (Å²) in [5, 5.41) is 20.0. The molecule has 1 aliphatic carbocycles. The van der Waals surface area contributed by atoms with Crippen molar-refractivity contribution in [1.29, 1.82) is 0 Å². The summed E-state index contributed by atoms with van der Waals surface area (Å²) in [5.41, 5.74) is -1.07. The maximum atomic E-state index is 11.9. The molecule has 0 saturated heterocycles. The van der Waals surface area contributed by atoms with Gasteiger partial charge in [0.25, 0.3) is 15.8 Å². The van der Waals surface area contributed by atoms with Crippen molar-refractivity contribution >= 4 is 15.8 Å². The smallest absolute Gasteiger partial charge is 0.297 e. The number of hydrogen-bond donors (Lipinski definition) is 1. The van der Waals surface area contributed by atoms with E-state index in [1.165, 1.54) is 0 Å². The Balaban J connectivity index is 2.10. The average molecular weight is 287 g/mol. The number of non-ortho nitro benzene ring substituents is 1. The largest absolute Gasteiger partial charge is 0.390 e. The summed E-state index contributed by atoms with van der Waals surface area (Å²) in [5.74, 6) is 0. The van der Waals surface area contributed by atoms with Gasteiger partial charge < -0.3 is 5.11 Å². The number of rotatable bonds is 4. The fraction of sp³-hybridized carbons (Fsp3) is 0.455. The first-order chi connectivity index (χ1) is 8.70. The highest BCUT2D eigenvalue weighted by molar-refractivity contribution is 7.86. The van der Waals surface area contributed by atoms with Gasteiger partial charge in [0.05, 0.1) is 21.5 Å². The number of nitro benzene ring substituents is 1. The second-order valence-electron chi connectivity index (χ2n) is 4.83. The maximum Gasteiger partial charge on any atom is 0.297 e. The fourth-order valence-electron chi connectivity index (χ4n) is 1.96. The fourth-order valence-corrected chi connectivity index (χ4v) is 3.03. The zero-order valence-corrected chi connectivity index (χ0v) is 11.0. The van der Waals surface area contributed by atoms with E-state index in [0.717, 1.165) is 24.3 Å². The molecule has 19 heavy (non-hydrogen) atoms. The molecule has 1 aromatic rings. The summed E-state index contributed by atoms with van der Waals surface area (Å²) in [6.45, 7) is 1.60. The summed E-state index contributed by atoms with van der Waals surface area (Å²) in [6.07, 6.45) is -0.0477. The minimum Gasteiger partial charge on any atom is -0.390 e. The van der Waals surface area contributed by atoms with E-state index in [1.54, 1.807) is 6.92 Å². The monoisotopic (exact) mass is 287 g/mol. The number of hydrogen-bond acceptors (Lipinski definition) is 6. The van der Waals surface area contributed by atoms with Crippen LogP contribution in [0.25, 0.3) is 0 Å². The van der Waals surface area contributed by atoms with Crippen molar-refractivity contribution in [2.24, 2.45) is 0 Å². The third kappa shape index (κ3) is 3.09. The number of nitro groups is 1. The third-order valence-electron chi connectivity index (χ3n) is 2.93. The van der Waals surface area contributed by atoms with Crippen LogP contribution in [0.3, 0.4) is 0 Å². The van der Waals surface area contributed by atoms with Gasteiger partial charge in [-0.25, -0.2) is 0 Å². The lowest BCUT2D eigenvalue weighted by Gasteiger charge is -2.39. The Morgan fingerprint density at radius 1 is 1.37 bits per heavy atom. The van der Waals surface area contributed by atoms with Crippen LogP contribution in [-0.4, -0.2) is 30.2 Å². The van der Waals surface area contributed by atoms with Gasteiger partial charge in [-0.05, 0) is 19.1 Å². The van der Waals surface area contributed by atoms with Gasteiger partial charge in [0.2, 0.25) is 0 Å². The van der Waals surface area contributed by atoms with Gasteiger partial charge in [-0.3, -0.25) is 14.3 Å². The van der Waals surface area contributed by atoms with E-state index in [2.05, 4.69) is 0 Å². The summed E-state index contributed by atoms with van der Waals surface area (Å²) in [7, 11) is -3.95. The van der Waals surface area contributed by atoms with Crippen molar-refractivity contribution in [1.82, 2.24) is 0 Å². The topological polar surface area (TPSA) is 107 Å². The third-order valence-corrected chi connectivity index (χ3v) is 4.31. The maximum absolute atomic E-state index is 11.9. The van der Waals surface area contributed by atoms with E-state index in [1.807, 2.05) is 0 Å². The summed E-state index contributed by atoms with van der Waals surface area (Å²) in [4.78, 5) is 9.72. The highest BCUT2D eigenvalue weighted by atomic mass is 32.2. The minimum atomic E-state index is -3.95. The lowest BCUT2D eigenvalue weighted by molar-refractivity contribution is -0.384. The van der Waals surface area contributed by atoms with Crippen LogP contribution in [0, 0.1) is 10.1 Å². The molecule has 1 N–H and O–H groups in total. The molecule has 1 aromatic carbocycles. The van der Waals surface area contributed by atoms with Gasteiger partial charge in [0, 0.05) is 25.0 Å². The molecule has 0 aliphatic heterocycles. The lowest BCUT2D eigenvalue weighted by Crippen LogP contribution is -2.46. The Bertz CT molecular complexity index is 584. The van der Waals surface area contributed by atoms with E-state index in [0.29, 0.717) is 0 Å². The van der Waals surface area contributed by atoms with Crippen LogP contribution in [0.15, 0.2) is 29.2 Å². The Morgan fingerprint density at radius 2 is 1.89 bits per heavy atom. The van der Waals surface area contributed by atoms with Crippen molar-refractivity contribution in [2.45, 2.75) is 36.4 Å². The van der Waals surface area contributed by atoms with Crippen LogP contribution in [0.1, 0.15) is 19.8 Å². The molecule has 0 radical (unpaired) electrons. The first-order valence-electron chi connectivity index (χ1n) is 5.60. The number of aliphatic hydroxyl groups is 1. The number of benzene rings is 1. The molecule has 1 aliphatic rings. The Kier molecular flexibility index (Phi) is 3.33. The molecule has 7 nitrogen and oxygen atoms in total. The van der Waals surface area contributed by atoms with Crippen molar-refractivity contribution < 1.29 is 22.6 Å². The molecule has 0 spiro atoms. The standard InChI is InChI=1S/C11H13NO6S/c1-11(13)6-9(7-11)18-19(16,17)10-4-2-8(3-5-10)12(14)15/h2-5,9,13H,6-7H2,1H3. The van der Waals surface area contributed by atoms with Crippen molar-refractivity contribution in [2.75, 3.05) is 0 Å². The van der Waals surface area contributed by atoms with Gasteiger partial charge in [0.15, 0.2) is 0 Å². The highest BCUT2D eigenvalue weighted by Crippen LogP contribution is 2.35. The molecule has 0 atom stereocenters. The van der Waals surface area contributed by atoms with Crippen LogP contribution in [0.5, 0.6) is 0 Å². The molecule has 0 bridgehead atoms. The van der Waals surface area contributed by atoms with Crippen molar-refractivity contribution in [3.8, 4) is 0 Å². The Hall–Kier alpha value is -1.51. The predicted molar refractivity (Wildman–Crippen MR) is 65.0 cm³/mol. The average Bonchev–Trinajstić information content (AvgIpc) is 2.26. The molecule has 0 aromatic heterocycles. The van der Waals surface area contributed by atoms with E-state index in [4.69, 9.17) is 4.18 Å². The summed E-state index contributed by atoms with van der Waals surface area (Å²) >= 11 is 0. The van der Waals surface area contributed by atoms with Gasteiger partial charge in [0.1, 0.15) is 0 Å². The van der Waals surface area contributed by atoms with Crippen LogP contribution in [-0.2, 0) is 14.3 Å². The quantitative estimate of drug-likeness (QED) is 0.507. The number of nitrogens with zero attached hydrogens (tertiary/aromatic N) is 1. The van der Waals surface area contributed by atoms with E-state index < -0.39 is 26.7 Å². The summed E-state index contributed by atoms with van der Waals surface area (Å²) in [6, 6.07) is 4.47. The first kappa shape index (κ1) is 13.9. The second-order valence-corrected chi connectivity index (χ2v) is 6.40. The van der Waals surface area contributed by atoms with Crippen molar-refractivity contribution in [3.63, 3.8) is 0 Å². The first-order valence-corrected chi connectivity index (χ1v) is 7.01. The second kappa shape index (κ2) is 4.55. The lowest BCUT2D eigenvalue weighted by atomic mass is 9.79. The molecule has 2 rings (SSSR count). The van der Waals surface area contributed by atoms with Crippen LogP contribution >= 0.6 is 0 Å². The molecule has 8 heteroatoms. The molecule has 1 fully saturated rings. The van der Waals surface area contributed by atoms with Crippen LogP contribution in [0.2, 0.25) is 0 Å². The summed E-state index contributed by atoms with van der Waals surface area (Å²) < 4.78 is 28.6. The Labute approximate surface area is 110 Å². The molecular weight excluding hydrogens is 274 g/mol. The molecule has 1 saturated carbocycles. The molecule has 0 amide bonds. The highest BCUT2D eigenvalue weighted by Gasteiger charge is 2.41. The molecule has 104 valence electrons. The van der Waals surface area contributed by atoms with E-state index in [9.17, 15) is 23.6 Å². The zero-order valence-electron chi connectivity index (χ0n) is 10.1. The minimum absolute atomic E-state index is 0.135. The molecule has 0 unspecified atom stereocenters. The predicted octanol–water partition coefficient (Wildman–Crippen LogP) is 1.21. The Morgan fingerprint density at radius 3 is 2.32 bits per heavy atom. The van der Waals surface area contributed by atoms with Gasteiger partial charge in [-0.1, -0.05) is 0 Å². The van der Waals surface area contributed by atoms with Crippen LogP contribution in [0.4, 0.5) is 5.69 Å². The molecular formula is C11H13NO6S. The van der Waals surface area contributed by atoms with Gasteiger partial charge in [-0.2, -0.15) is 8.42 Å². The zero-order chi connectivity index (χ0) is 14.3. The SMILES string of the molecule is CC1(O)CC(OS(=O)(=O)c2ccc([N+](=O)[O-])cc2)C1. The normalized spacial score (nSPS) is 26.7. The van der Waals surface area contributed by atoms with E-state index in [-0.39, 0.29) is 23.4 Å².